The SMILES string of the molecule is N=C(N)c1cccc(C[C@H](NS(=O)(=O)c2ccc3ccccc3c2)N2CCN(C(=O)Oc3ccccc3)CC2)c1. The molecule has 0 saturated carbocycles. The van der Waals surface area contributed by atoms with Crippen LogP contribution in [0.1, 0.15) is 11.1 Å². The largest absolute Gasteiger partial charge is 0.415 e. The number of nitrogens with zero attached hydrogens (tertiary/aromatic N) is 2. The van der Waals surface area contributed by atoms with Crippen molar-refractivity contribution in [3.8, 4) is 5.75 Å². The average Bonchev–Trinajstić information content (AvgIpc) is 2.97. The average molecular weight is 558 g/mol. The lowest BCUT2D eigenvalue weighted by molar-refractivity contribution is 0.0850. The van der Waals surface area contributed by atoms with Crippen LogP contribution in [0.15, 0.2) is 102 Å². The monoisotopic (exact) mass is 557 g/mol. The van der Waals surface area contributed by atoms with Gasteiger partial charge >= 0.3 is 6.09 Å². The Labute approximate surface area is 233 Å². The van der Waals surface area contributed by atoms with Crippen molar-refractivity contribution in [1.29, 1.82) is 5.41 Å². The van der Waals surface area contributed by atoms with Gasteiger partial charge in [0.2, 0.25) is 10.0 Å². The maximum Gasteiger partial charge on any atom is 0.415 e. The van der Waals surface area contributed by atoms with E-state index in [-0.39, 0.29) is 10.7 Å². The van der Waals surface area contributed by atoms with Crippen LogP contribution in [0, 0.1) is 5.41 Å². The first-order valence-corrected chi connectivity index (χ1v) is 14.5. The molecule has 0 aromatic heterocycles. The second kappa shape index (κ2) is 11.9. The van der Waals surface area contributed by atoms with Gasteiger partial charge in [0.25, 0.3) is 0 Å². The number of carbonyl (C=O) groups excluding carboxylic acids is 1. The molecule has 1 amide bonds. The standard InChI is InChI=1S/C30H31N5O4S/c31-29(32)25-10-6-7-22(19-25)20-28(33-40(37,38)27-14-13-23-8-4-5-9-24(23)21-27)34-15-17-35(18-16-34)30(36)39-26-11-2-1-3-12-26/h1-14,19,21,28,33H,15-18,20H2,(H3,31,32)/t28-/m1/s1. The number of hydrogen-bond donors (Lipinski definition) is 3. The van der Waals surface area contributed by atoms with Crippen LogP contribution in [0.5, 0.6) is 5.75 Å². The highest BCUT2D eigenvalue weighted by Crippen LogP contribution is 2.21. The number of nitrogens with two attached hydrogens (primary N) is 1. The smallest absolute Gasteiger partial charge is 0.410 e. The third-order valence-electron chi connectivity index (χ3n) is 6.95. The zero-order chi connectivity index (χ0) is 28.1. The van der Waals surface area contributed by atoms with E-state index >= 15 is 0 Å². The third kappa shape index (κ3) is 6.48. The van der Waals surface area contributed by atoms with Gasteiger partial charge in [-0.15, -0.1) is 0 Å². The Balaban J connectivity index is 1.35. The number of nitrogens with one attached hydrogen (secondary N) is 2. The fourth-order valence-corrected chi connectivity index (χ4v) is 6.04. The molecule has 1 saturated heterocycles. The van der Waals surface area contributed by atoms with E-state index in [1.165, 1.54) is 0 Å². The zero-order valence-corrected chi connectivity index (χ0v) is 22.7. The number of sulfonamides is 1. The van der Waals surface area contributed by atoms with Gasteiger partial charge < -0.3 is 15.4 Å². The van der Waals surface area contributed by atoms with Gasteiger partial charge in [-0.1, -0.05) is 66.7 Å². The molecule has 1 atom stereocenters. The number of rotatable bonds is 8. The maximum absolute atomic E-state index is 13.6. The van der Waals surface area contributed by atoms with E-state index in [1.54, 1.807) is 65.6 Å². The van der Waals surface area contributed by atoms with E-state index in [9.17, 15) is 13.2 Å². The third-order valence-corrected chi connectivity index (χ3v) is 8.41. The van der Waals surface area contributed by atoms with Gasteiger partial charge in [-0.3, -0.25) is 10.3 Å². The Morgan fingerprint density at radius 1 is 0.875 bits per heavy atom. The highest BCUT2D eigenvalue weighted by Gasteiger charge is 2.30. The minimum atomic E-state index is -3.88. The minimum absolute atomic E-state index is 0.0549. The highest BCUT2D eigenvalue weighted by atomic mass is 32.2. The van der Waals surface area contributed by atoms with Crippen molar-refractivity contribution in [2.75, 3.05) is 26.2 Å². The van der Waals surface area contributed by atoms with Gasteiger partial charge in [0.15, 0.2) is 0 Å². The summed E-state index contributed by atoms with van der Waals surface area (Å²) in [6, 6.07) is 28.8. The van der Waals surface area contributed by atoms with Crippen LogP contribution >= 0.6 is 0 Å². The van der Waals surface area contributed by atoms with Crippen molar-refractivity contribution in [1.82, 2.24) is 14.5 Å². The minimum Gasteiger partial charge on any atom is -0.410 e. The Hall–Kier alpha value is -4.25. The molecule has 1 aliphatic rings. The fourth-order valence-electron chi connectivity index (χ4n) is 4.79. The van der Waals surface area contributed by atoms with Crippen molar-refractivity contribution in [3.05, 3.63) is 108 Å². The van der Waals surface area contributed by atoms with Crippen LogP contribution in [0.25, 0.3) is 10.8 Å². The molecule has 10 heteroatoms. The first-order chi connectivity index (χ1) is 19.3. The molecule has 0 radical (unpaired) electrons. The number of fused-ring (bicyclic) bond motifs is 1. The lowest BCUT2D eigenvalue weighted by atomic mass is 10.1. The van der Waals surface area contributed by atoms with Crippen molar-refractivity contribution >= 4 is 32.7 Å². The molecule has 9 nitrogen and oxygen atoms in total. The maximum atomic E-state index is 13.6. The molecule has 4 aromatic rings. The molecule has 0 aliphatic carbocycles. The number of para-hydroxylation sites is 1. The van der Waals surface area contributed by atoms with Crippen LogP contribution in [0.2, 0.25) is 0 Å². The summed E-state index contributed by atoms with van der Waals surface area (Å²) in [6.07, 6.45) is -0.679. The summed E-state index contributed by atoms with van der Waals surface area (Å²) in [5.41, 5.74) is 7.10. The number of benzene rings is 4. The number of amidine groups is 1. The molecule has 5 rings (SSSR count). The number of amides is 1. The van der Waals surface area contributed by atoms with E-state index in [2.05, 4.69) is 4.72 Å². The van der Waals surface area contributed by atoms with Crippen LogP contribution in [-0.4, -0.2) is 62.5 Å². The number of hydrogen-bond acceptors (Lipinski definition) is 6. The van der Waals surface area contributed by atoms with E-state index in [4.69, 9.17) is 15.9 Å². The van der Waals surface area contributed by atoms with Crippen LogP contribution in [0.4, 0.5) is 4.79 Å². The van der Waals surface area contributed by atoms with Crippen LogP contribution < -0.4 is 15.2 Å². The van der Waals surface area contributed by atoms with Gasteiger partial charge in [0, 0.05) is 38.2 Å². The second-order valence-corrected chi connectivity index (χ2v) is 11.4. The fraction of sp³-hybridized carbons (Fsp3) is 0.200. The summed E-state index contributed by atoms with van der Waals surface area (Å²) in [7, 11) is -3.88. The number of ether oxygens (including phenoxy) is 1. The summed E-state index contributed by atoms with van der Waals surface area (Å²) < 4.78 is 35.6. The van der Waals surface area contributed by atoms with Crippen molar-refractivity contribution < 1.29 is 17.9 Å². The normalized spacial score (nSPS) is 15.1. The summed E-state index contributed by atoms with van der Waals surface area (Å²) in [4.78, 5) is 16.5. The van der Waals surface area contributed by atoms with Crippen LogP contribution in [0.3, 0.4) is 0 Å². The number of nitrogen functional groups attached to an aromatic ring is 1. The summed E-state index contributed by atoms with van der Waals surface area (Å²) >= 11 is 0. The molecular formula is C30H31N5O4S. The first kappa shape index (κ1) is 27.3. The Morgan fingerprint density at radius 2 is 1.57 bits per heavy atom. The number of carbonyl (C=O) groups is 1. The summed E-state index contributed by atoms with van der Waals surface area (Å²) in [5.74, 6) is 0.419. The highest BCUT2D eigenvalue weighted by molar-refractivity contribution is 7.89. The van der Waals surface area contributed by atoms with E-state index in [0.717, 1.165) is 16.3 Å². The molecule has 0 unspecified atom stereocenters. The van der Waals surface area contributed by atoms with E-state index in [1.807, 2.05) is 41.3 Å². The van der Waals surface area contributed by atoms with Gasteiger partial charge in [0.05, 0.1) is 11.1 Å². The molecule has 1 fully saturated rings. The molecule has 1 aliphatic heterocycles. The molecule has 4 N–H and O–H groups in total. The summed E-state index contributed by atoms with van der Waals surface area (Å²) in [6.45, 7) is 1.66. The van der Waals surface area contributed by atoms with Crippen molar-refractivity contribution in [2.45, 2.75) is 17.5 Å². The van der Waals surface area contributed by atoms with Crippen molar-refractivity contribution in [3.63, 3.8) is 0 Å². The quantitative estimate of drug-likeness (QED) is 0.223. The van der Waals surface area contributed by atoms with E-state index in [0.29, 0.717) is 43.9 Å². The second-order valence-electron chi connectivity index (χ2n) is 9.67. The molecule has 4 aromatic carbocycles. The lowest BCUT2D eigenvalue weighted by Gasteiger charge is -2.39. The predicted octanol–water partition coefficient (Wildman–Crippen LogP) is 3.79. The molecule has 0 bridgehead atoms. The molecule has 40 heavy (non-hydrogen) atoms. The van der Waals surface area contributed by atoms with Gasteiger partial charge in [-0.2, -0.15) is 4.72 Å². The number of piperazine rings is 1. The first-order valence-electron chi connectivity index (χ1n) is 13.0. The molecule has 0 spiro atoms. The van der Waals surface area contributed by atoms with Gasteiger partial charge in [-0.05, 0) is 46.7 Å². The predicted molar refractivity (Wildman–Crippen MR) is 155 cm³/mol. The van der Waals surface area contributed by atoms with Crippen LogP contribution in [-0.2, 0) is 16.4 Å². The van der Waals surface area contributed by atoms with Crippen molar-refractivity contribution in [2.24, 2.45) is 5.73 Å². The van der Waals surface area contributed by atoms with Gasteiger partial charge in [0.1, 0.15) is 11.6 Å². The van der Waals surface area contributed by atoms with E-state index < -0.39 is 22.3 Å². The molecule has 206 valence electrons. The molecule has 1 heterocycles. The Kier molecular flexibility index (Phi) is 8.11. The Morgan fingerprint density at radius 3 is 2.30 bits per heavy atom. The lowest BCUT2D eigenvalue weighted by Crippen LogP contribution is -2.57. The topological polar surface area (TPSA) is 129 Å². The van der Waals surface area contributed by atoms with Gasteiger partial charge in [-0.25, -0.2) is 13.2 Å². The zero-order valence-electron chi connectivity index (χ0n) is 21.9. The Bertz CT molecular complexity index is 1620. The summed E-state index contributed by atoms with van der Waals surface area (Å²) in [5, 5.41) is 9.57. The molecular weight excluding hydrogens is 526 g/mol.